The van der Waals surface area contributed by atoms with Gasteiger partial charge >= 0.3 is 12.3 Å². The van der Waals surface area contributed by atoms with Gasteiger partial charge in [-0.1, -0.05) is 0 Å². The Morgan fingerprint density at radius 2 is 2.05 bits per heavy atom. The quantitative estimate of drug-likeness (QED) is 0.909. The fourth-order valence-corrected chi connectivity index (χ4v) is 1.90. The number of amides is 1. The summed E-state index contributed by atoms with van der Waals surface area (Å²) in [6.45, 7) is 0.646. The molecule has 0 bridgehead atoms. The van der Waals surface area contributed by atoms with Crippen LogP contribution in [0.25, 0.3) is 0 Å². The second-order valence-electron chi connectivity index (χ2n) is 5.04. The lowest BCUT2D eigenvalue weighted by Crippen LogP contribution is -2.57. The Balaban J connectivity index is 2.11. The van der Waals surface area contributed by atoms with E-state index in [0.29, 0.717) is 13.1 Å². The summed E-state index contributed by atoms with van der Waals surface area (Å²) in [6, 6.07) is 0.671. The molecule has 1 N–H and O–H groups in total. The number of methoxy groups -OCH3 is 1. The fraction of sp³-hybridized carbons (Fsp3) is 0.583. The van der Waals surface area contributed by atoms with Crippen LogP contribution < -0.4 is 10.2 Å². The van der Waals surface area contributed by atoms with Crippen molar-refractivity contribution in [3.63, 3.8) is 0 Å². The van der Waals surface area contributed by atoms with Gasteiger partial charge in [-0.3, -0.25) is 0 Å². The van der Waals surface area contributed by atoms with Crippen molar-refractivity contribution in [2.45, 2.75) is 12.2 Å². The molecule has 0 aromatic carbocycles. The number of carbonyl (C=O) groups is 1. The topological polar surface area (TPSA) is 70.6 Å². The van der Waals surface area contributed by atoms with Crippen molar-refractivity contribution >= 4 is 17.9 Å². The number of aromatic nitrogens is 2. The van der Waals surface area contributed by atoms with Crippen LogP contribution in [0.4, 0.5) is 29.7 Å². The number of hydrogen-bond donors (Lipinski definition) is 1. The fourth-order valence-electron chi connectivity index (χ4n) is 1.90. The molecular weight excluding hydrogens is 303 g/mol. The number of likely N-dealkylation sites (tertiary alicyclic amines) is 1. The lowest BCUT2D eigenvalue weighted by Gasteiger charge is -2.38. The molecule has 0 spiro atoms. The monoisotopic (exact) mass is 319 g/mol. The molecule has 122 valence electrons. The molecule has 10 heteroatoms. The largest absolute Gasteiger partial charge is 0.453 e. The smallest absolute Gasteiger partial charge is 0.433 e. The van der Waals surface area contributed by atoms with E-state index in [9.17, 15) is 18.0 Å². The summed E-state index contributed by atoms with van der Waals surface area (Å²) in [4.78, 5) is 21.6. The highest BCUT2D eigenvalue weighted by atomic mass is 19.4. The molecule has 1 aliphatic heterocycles. The zero-order chi connectivity index (χ0) is 16.5. The average Bonchev–Trinajstić information content (AvgIpc) is 2.40. The minimum atomic E-state index is -4.55. The van der Waals surface area contributed by atoms with E-state index in [-0.39, 0.29) is 17.8 Å². The van der Waals surface area contributed by atoms with Gasteiger partial charge in [0.15, 0.2) is 5.69 Å². The molecule has 1 fully saturated rings. The Bertz CT molecular complexity index is 558. The van der Waals surface area contributed by atoms with Gasteiger partial charge < -0.3 is 19.9 Å². The van der Waals surface area contributed by atoms with E-state index in [0.717, 1.165) is 6.07 Å². The van der Waals surface area contributed by atoms with Gasteiger partial charge in [0.25, 0.3) is 0 Å². The summed E-state index contributed by atoms with van der Waals surface area (Å²) in [7, 11) is 4.45. The molecule has 0 radical (unpaired) electrons. The third kappa shape index (κ3) is 3.49. The molecule has 22 heavy (non-hydrogen) atoms. The van der Waals surface area contributed by atoms with Gasteiger partial charge in [-0.2, -0.15) is 18.2 Å². The maximum atomic E-state index is 12.9. The summed E-state index contributed by atoms with van der Waals surface area (Å²) in [6.07, 6.45) is -5.03. The Labute approximate surface area is 125 Å². The van der Waals surface area contributed by atoms with Gasteiger partial charge in [0.1, 0.15) is 5.82 Å². The zero-order valence-corrected chi connectivity index (χ0v) is 12.3. The first-order chi connectivity index (χ1) is 10.2. The number of carbonyl (C=O) groups excluding carboxylic acids is 1. The second-order valence-corrected chi connectivity index (χ2v) is 5.04. The van der Waals surface area contributed by atoms with Crippen molar-refractivity contribution in [2.24, 2.45) is 0 Å². The van der Waals surface area contributed by atoms with Crippen molar-refractivity contribution in [1.29, 1.82) is 0 Å². The second kappa shape index (κ2) is 5.85. The van der Waals surface area contributed by atoms with Crippen molar-refractivity contribution in [2.75, 3.05) is 44.5 Å². The molecule has 1 amide bonds. The van der Waals surface area contributed by atoms with Gasteiger partial charge in [0, 0.05) is 33.3 Å². The first kappa shape index (κ1) is 16.1. The van der Waals surface area contributed by atoms with Gasteiger partial charge in [-0.25, -0.2) is 9.78 Å². The zero-order valence-electron chi connectivity index (χ0n) is 12.3. The maximum Gasteiger partial charge on any atom is 0.433 e. The summed E-state index contributed by atoms with van der Waals surface area (Å²) in [5.74, 6) is 0.0296. The number of anilines is 2. The third-order valence-electron chi connectivity index (χ3n) is 3.11. The minimum Gasteiger partial charge on any atom is -0.453 e. The number of hydrogen-bond acceptors (Lipinski definition) is 6. The molecule has 1 saturated heterocycles. The van der Waals surface area contributed by atoms with Crippen LogP contribution in [0.5, 0.6) is 0 Å². The third-order valence-corrected chi connectivity index (χ3v) is 3.11. The number of halogens is 3. The van der Waals surface area contributed by atoms with Gasteiger partial charge in [0.05, 0.1) is 13.2 Å². The van der Waals surface area contributed by atoms with E-state index < -0.39 is 18.0 Å². The predicted octanol–water partition coefficient (Wildman–Crippen LogP) is 1.42. The van der Waals surface area contributed by atoms with Crippen LogP contribution in [-0.2, 0) is 10.9 Å². The van der Waals surface area contributed by atoms with Crippen molar-refractivity contribution in [3.05, 3.63) is 11.8 Å². The van der Waals surface area contributed by atoms with E-state index in [1.807, 2.05) is 0 Å². The van der Waals surface area contributed by atoms with Crippen molar-refractivity contribution in [1.82, 2.24) is 14.9 Å². The van der Waals surface area contributed by atoms with Gasteiger partial charge in [-0.05, 0) is 0 Å². The van der Waals surface area contributed by atoms with Crippen LogP contribution in [-0.4, -0.2) is 61.3 Å². The molecule has 0 saturated carbocycles. The highest BCUT2D eigenvalue weighted by Crippen LogP contribution is 2.30. The molecule has 0 unspecified atom stereocenters. The first-order valence-corrected chi connectivity index (χ1v) is 6.43. The van der Waals surface area contributed by atoms with E-state index >= 15 is 0 Å². The first-order valence-electron chi connectivity index (χ1n) is 6.43. The lowest BCUT2D eigenvalue weighted by molar-refractivity contribution is -0.141. The SMILES string of the molecule is COC(=O)N1CC(Nc2nc(N(C)C)cc(C(F)(F)F)n2)C1. The summed E-state index contributed by atoms with van der Waals surface area (Å²) in [5, 5.41) is 2.80. The number of alkyl halides is 3. The van der Waals surface area contributed by atoms with Crippen LogP contribution in [0, 0.1) is 0 Å². The highest BCUT2D eigenvalue weighted by molar-refractivity contribution is 5.69. The number of nitrogens with one attached hydrogen (secondary N) is 1. The average molecular weight is 319 g/mol. The van der Waals surface area contributed by atoms with Crippen molar-refractivity contribution in [3.8, 4) is 0 Å². The maximum absolute atomic E-state index is 12.9. The molecule has 1 aliphatic rings. The van der Waals surface area contributed by atoms with E-state index in [1.54, 1.807) is 14.1 Å². The molecule has 1 aromatic heterocycles. The standard InChI is InChI=1S/C12H16F3N5O2/c1-19(2)9-4-8(12(13,14)15)17-10(18-9)16-7-5-20(6-7)11(21)22-3/h4,7H,5-6H2,1-3H3,(H,16,17,18). The van der Waals surface area contributed by atoms with Gasteiger partial charge in [0.2, 0.25) is 5.95 Å². The Morgan fingerprint density at radius 3 is 2.55 bits per heavy atom. The Kier molecular flexibility index (Phi) is 4.29. The summed E-state index contributed by atoms with van der Waals surface area (Å²) >= 11 is 0. The van der Waals surface area contributed by atoms with Crippen LogP contribution in [0.3, 0.4) is 0 Å². The van der Waals surface area contributed by atoms with Crippen LogP contribution in [0.1, 0.15) is 5.69 Å². The molecule has 7 nitrogen and oxygen atoms in total. The van der Waals surface area contributed by atoms with E-state index in [1.165, 1.54) is 16.9 Å². The normalized spacial score (nSPS) is 15.3. The molecule has 0 atom stereocenters. The van der Waals surface area contributed by atoms with Crippen LogP contribution >= 0.6 is 0 Å². The minimum absolute atomic E-state index is 0.118. The van der Waals surface area contributed by atoms with Crippen LogP contribution in [0.15, 0.2) is 6.07 Å². The highest BCUT2D eigenvalue weighted by Gasteiger charge is 2.35. The summed E-state index contributed by atoms with van der Waals surface area (Å²) in [5.41, 5.74) is -1.02. The molecular formula is C12H16F3N5O2. The predicted molar refractivity (Wildman–Crippen MR) is 72.7 cm³/mol. The molecule has 2 rings (SSSR count). The molecule has 2 heterocycles. The Hall–Kier alpha value is -2.26. The Morgan fingerprint density at radius 1 is 1.41 bits per heavy atom. The molecule has 0 aliphatic carbocycles. The van der Waals surface area contributed by atoms with Gasteiger partial charge in [-0.15, -0.1) is 0 Å². The number of rotatable bonds is 3. The lowest BCUT2D eigenvalue weighted by atomic mass is 10.1. The number of nitrogens with zero attached hydrogens (tertiary/aromatic N) is 4. The molecule has 1 aromatic rings. The van der Waals surface area contributed by atoms with Crippen molar-refractivity contribution < 1.29 is 22.7 Å². The summed E-state index contributed by atoms with van der Waals surface area (Å²) < 4.78 is 43.1. The number of ether oxygens (including phenoxy) is 1. The van der Waals surface area contributed by atoms with E-state index in [4.69, 9.17) is 0 Å². The van der Waals surface area contributed by atoms with Crippen LogP contribution in [0.2, 0.25) is 0 Å². The van der Waals surface area contributed by atoms with E-state index in [2.05, 4.69) is 20.0 Å².